The molecule has 34 heavy (non-hydrogen) atoms. The van der Waals surface area contributed by atoms with Crippen LogP contribution in [0.4, 0.5) is 10.5 Å². The molecule has 8 nitrogen and oxygen atoms in total. The van der Waals surface area contributed by atoms with Gasteiger partial charge in [0.25, 0.3) is 11.1 Å². The van der Waals surface area contributed by atoms with Crippen LogP contribution in [0.15, 0.2) is 53.6 Å². The number of aromatic nitrogens is 1. The van der Waals surface area contributed by atoms with Gasteiger partial charge in [0, 0.05) is 35.4 Å². The molecule has 10 heteroatoms. The number of aryl methyl sites for hydroxylation is 1. The van der Waals surface area contributed by atoms with Crippen molar-refractivity contribution in [1.29, 1.82) is 0 Å². The second-order valence-electron chi connectivity index (χ2n) is 7.44. The average Bonchev–Trinajstić information content (AvgIpc) is 3.26. The van der Waals surface area contributed by atoms with E-state index in [4.69, 9.17) is 16.3 Å². The Morgan fingerprint density at radius 1 is 1.18 bits per heavy atom. The molecule has 1 N–H and O–H groups in total. The van der Waals surface area contributed by atoms with Gasteiger partial charge in [-0.25, -0.2) is 4.79 Å². The minimum absolute atomic E-state index is 0.102. The van der Waals surface area contributed by atoms with Gasteiger partial charge in [0.15, 0.2) is 0 Å². The van der Waals surface area contributed by atoms with E-state index < -0.39 is 29.6 Å². The predicted octanol–water partition coefficient (Wildman–Crippen LogP) is 4.68. The molecule has 2 aromatic carbocycles. The summed E-state index contributed by atoms with van der Waals surface area (Å²) in [5, 5.41) is 3.19. The number of hydrogen-bond donors (Lipinski definition) is 1. The minimum Gasteiger partial charge on any atom is -0.462 e. The van der Waals surface area contributed by atoms with Gasteiger partial charge >= 0.3 is 5.97 Å². The van der Waals surface area contributed by atoms with Crippen molar-refractivity contribution in [1.82, 2.24) is 9.47 Å². The van der Waals surface area contributed by atoms with Gasteiger partial charge in [-0.1, -0.05) is 29.8 Å². The van der Waals surface area contributed by atoms with Gasteiger partial charge in [-0.3, -0.25) is 19.3 Å². The molecule has 0 bridgehead atoms. The fourth-order valence-electron chi connectivity index (χ4n) is 3.58. The number of fused-ring (bicyclic) bond motifs is 1. The first-order valence-electron chi connectivity index (χ1n) is 10.3. The first kappa shape index (κ1) is 23.6. The molecule has 3 amide bonds. The lowest BCUT2D eigenvalue weighted by Crippen LogP contribution is -2.36. The molecule has 1 aliphatic heterocycles. The zero-order valence-electron chi connectivity index (χ0n) is 18.3. The molecule has 0 atom stereocenters. The molecule has 0 saturated carbocycles. The Kier molecular flexibility index (Phi) is 6.76. The number of nitrogens with one attached hydrogen (secondary N) is 1. The van der Waals surface area contributed by atoms with E-state index in [-0.39, 0.29) is 27.8 Å². The normalized spacial score (nSPS) is 14.8. The summed E-state index contributed by atoms with van der Waals surface area (Å²) in [6, 6.07) is 12.1. The summed E-state index contributed by atoms with van der Waals surface area (Å²) in [7, 11) is 1.90. The maximum atomic E-state index is 12.9. The van der Waals surface area contributed by atoms with Crippen molar-refractivity contribution in [2.75, 3.05) is 18.5 Å². The van der Waals surface area contributed by atoms with E-state index >= 15 is 0 Å². The number of ether oxygens (including phenoxy) is 1. The zero-order chi connectivity index (χ0) is 24.4. The number of anilines is 1. The van der Waals surface area contributed by atoms with Crippen molar-refractivity contribution >= 4 is 69.1 Å². The van der Waals surface area contributed by atoms with Crippen molar-refractivity contribution in [3.63, 3.8) is 0 Å². The number of para-hydroxylation sites is 1. The van der Waals surface area contributed by atoms with Gasteiger partial charge in [-0.15, -0.1) is 0 Å². The molecule has 1 aliphatic rings. The minimum atomic E-state index is -0.617. The number of amides is 3. The molecule has 0 spiro atoms. The standard InChI is InChI=1S/C24H20ClN3O5S/c1-3-33-23(31)17-11-15(8-9-18(17)25)26-21(29)13-28-22(30)20(34-24(28)32)10-14-12-27(2)19-7-5-4-6-16(14)19/h4-12H,3,13H2,1-2H3,(H,26,29)/b20-10+. The first-order valence-corrected chi connectivity index (χ1v) is 11.5. The van der Waals surface area contributed by atoms with Gasteiger partial charge in [-0.2, -0.15) is 0 Å². The largest absolute Gasteiger partial charge is 0.462 e. The van der Waals surface area contributed by atoms with E-state index in [1.54, 1.807) is 13.0 Å². The summed E-state index contributed by atoms with van der Waals surface area (Å²) in [5.74, 6) is -1.75. The number of carbonyl (C=O) groups is 4. The van der Waals surface area contributed by atoms with Gasteiger partial charge < -0.3 is 14.6 Å². The third kappa shape index (κ3) is 4.71. The lowest BCUT2D eigenvalue weighted by Gasteiger charge is -2.13. The zero-order valence-corrected chi connectivity index (χ0v) is 19.9. The molecule has 0 unspecified atom stereocenters. The molecule has 1 saturated heterocycles. The monoisotopic (exact) mass is 497 g/mol. The van der Waals surface area contributed by atoms with Crippen LogP contribution in [0.25, 0.3) is 17.0 Å². The predicted molar refractivity (Wildman–Crippen MR) is 132 cm³/mol. The Labute approximate surface area is 204 Å². The Morgan fingerprint density at radius 3 is 2.71 bits per heavy atom. The molecular weight excluding hydrogens is 478 g/mol. The molecule has 2 heterocycles. The fraction of sp³-hybridized carbons (Fsp3) is 0.167. The van der Waals surface area contributed by atoms with Crippen molar-refractivity contribution in [3.8, 4) is 0 Å². The lowest BCUT2D eigenvalue weighted by atomic mass is 10.1. The summed E-state index contributed by atoms with van der Waals surface area (Å²) in [6.07, 6.45) is 3.54. The van der Waals surface area contributed by atoms with Crippen LogP contribution in [0.5, 0.6) is 0 Å². The number of benzene rings is 2. The van der Waals surface area contributed by atoms with Crippen molar-refractivity contribution in [2.24, 2.45) is 7.05 Å². The van der Waals surface area contributed by atoms with Crippen LogP contribution in [-0.2, 0) is 21.4 Å². The van der Waals surface area contributed by atoms with E-state index in [1.807, 2.05) is 42.1 Å². The Morgan fingerprint density at radius 2 is 1.94 bits per heavy atom. The highest BCUT2D eigenvalue weighted by molar-refractivity contribution is 8.18. The average molecular weight is 498 g/mol. The van der Waals surface area contributed by atoms with Crippen LogP contribution < -0.4 is 5.32 Å². The molecule has 4 rings (SSSR count). The third-order valence-corrected chi connectivity index (χ3v) is 6.37. The second kappa shape index (κ2) is 9.74. The van der Waals surface area contributed by atoms with Crippen LogP contribution in [0.3, 0.4) is 0 Å². The molecule has 3 aromatic rings. The van der Waals surface area contributed by atoms with Crippen LogP contribution >= 0.6 is 23.4 Å². The lowest BCUT2D eigenvalue weighted by molar-refractivity contribution is -0.127. The van der Waals surface area contributed by atoms with Crippen molar-refractivity contribution in [2.45, 2.75) is 6.92 Å². The van der Waals surface area contributed by atoms with Crippen LogP contribution in [0, 0.1) is 0 Å². The molecule has 1 aromatic heterocycles. The van der Waals surface area contributed by atoms with E-state index in [9.17, 15) is 19.2 Å². The number of halogens is 1. The molecule has 1 fully saturated rings. The molecule has 0 aliphatic carbocycles. The number of hydrogen-bond acceptors (Lipinski definition) is 6. The maximum absolute atomic E-state index is 12.9. The Bertz CT molecular complexity index is 1360. The summed E-state index contributed by atoms with van der Waals surface area (Å²) < 4.78 is 6.89. The van der Waals surface area contributed by atoms with Gasteiger partial charge in [0.2, 0.25) is 5.91 Å². The van der Waals surface area contributed by atoms with Gasteiger partial charge in [0.1, 0.15) is 6.54 Å². The summed E-state index contributed by atoms with van der Waals surface area (Å²) in [5.41, 5.74) is 2.19. The molecule has 174 valence electrons. The quantitative estimate of drug-likeness (QED) is 0.392. The number of carbonyl (C=O) groups excluding carboxylic acids is 4. The third-order valence-electron chi connectivity index (χ3n) is 5.14. The van der Waals surface area contributed by atoms with Crippen molar-refractivity contribution in [3.05, 3.63) is 69.7 Å². The number of nitrogens with zero attached hydrogens (tertiary/aromatic N) is 2. The smallest absolute Gasteiger partial charge is 0.339 e. The maximum Gasteiger partial charge on any atom is 0.339 e. The fourth-order valence-corrected chi connectivity index (χ4v) is 4.60. The Balaban J connectivity index is 1.48. The van der Waals surface area contributed by atoms with Crippen LogP contribution in [0.2, 0.25) is 5.02 Å². The number of esters is 1. The highest BCUT2D eigenvalue weighted by Gasteiger charge is 2.36. The van der Waals surface area contributed by atoms with Crippen LogP contribution in [0.1, 0.15) is 22.8 Å². The topological polar surface area (TPSA) is 97.7 Å². The van der Waals surface area contributed by atoms with E-state index in [2.05, 4.69) is 5.32 Å². The first-order chi connectivity index (χ1) is 16.3. The molecular formula is C24H20ClN3O5S. The highest BCUT2D eigenvalue weighted by atomic mass is 35.5. The second-order valence-corrected chi connectivity index (χ2v) is 8.84. The number of rotatable bonds is 6. The summed E-state index contributed by atoms with van der Waals surface area (Å²) in [6.45, 7) is 1.38. The van der Waals surface area contributed by atoms with E-state index in [1.165, 1.54) is 18.2 Å². The van der Waals surface area contributed by atoms with E-state index in [0.29, 0.717) is 0 Å². The van der Waals surface area contributed by atoms with E-state index in [0.717, 1.165) is 33.1 Å². The number of thioether (sulfide) groups is 1. The SMILES string of the molecule is CCOC(=O)c1cc(NC(=O)CN2C(=O)S/C(=C/c3cn(C)c4ccccc34)C2=O)ccc1Cl. The number of imide groups is 1. The van der Waals surface area contributed by atoms with Crippen molar-refractivity contribution < 1.29 is 23.9 Å². The summed E-state index contributed by atoms with van der Waals surface area (Å²) >= 11 is 6.83. The molecule has 0 radical (unpaired) electrons. The Hall–Kier alpha value is -3.56. The summed E-state index contributed by atoms with van der Waals surface area (Å²) in [4.78, 5) is 51.0. The van der Waals surface area contributed by atoms with Gasteiger partial charge in [-0.05, 0) is 49.0 Å². The van der Waals surface area contributed by atoms with Gasteiger partial charge in [0.05, 0.1) is 22.1 Å². The van der Waals surface area contributed by atoms with Crippen LogP contribution in [-0.4, -0.2) is 45.6 Å². The highest BCUT2D eigenvalue weighted by Crippen LogP contribution is 2.34.